The smallest absolute Gasteiger partial charge is 0.0816 e. The Hall–Kier alpha value is -0.610. The van der Waals surface area contributed by atoms with Gasteiger partial charge in [-0.1, -0.05) is 29.8 Å². The van der Waals surface area contributed by atoms with Crippen molar-refractivity contribution >= 4 is 11.6 Å². The number of aliphatic hydroxyl groups excluding tert-OH is 1. The lowest BCUT2D eigenvalue weighted by atomic mass is 10.0. The number of aliphatic hydroxyl groups is 1. The molecule has 0 radical (unpaired) electrons. The van der Waals surface area contributed by atoms with E-state index >= 15 is 0 Å². The van der Waals surface area contributed by atoms with Gasteiger partial charge in [0, 0.05) is 36.7 Å². The molecule has 0 aliphatic carbocycles. The summed E-state index contributed by atoms with van der Waals surface area (Å²) in [6.07, 6.45) is 2.96. The second-order valence-corrected chi connectivity index (χ2v) is 6.87. The zero-order valence-electron chi connectivity index (χ0n) is 12.7. The lowest BCUT2D eigenvalue weighted by Gasteiger charge is -2.42. The molecule has 116 valence electrons. The van der Waals surface area contributed by atoms with Gasteiger partial charge in [0.2, 0.25) is 0 Å². The summed E-state index contributed by atoms with van der Waals surface area (Å²) < 4.78 is 0. The first-order valence-corrected chi connectivity index (χ1v) is 8.43. The molecule has 1 N–H and O–H groups in total. The molecule has 3 atom stereocenters. The van der Waals surface area contributed by atoms with Gasteiger partial charge >= 0.3 is 0 Å². The minimum Gasteiger partial charge on any atom is -0.388 e. The second-order valence-electron chi connectivity index (χ2n) is 6.46. The van der Waals surface area contributed by atoms with Gasteiger partial charge in [0.25, 0.3) is 0 Å². The van der Waals surface area contributed by atoms with E-state index in [-0.39, 0.29) is 0 Å². The maximum atomic E-state index is 10.4. The maximum absolute atomic E-state index is 10.4. The van der Waals surface area contributed by atoms with Crippen LogP contribution in [-0.2, 0) is 0 Å². The first-order chi connectivity index (χ1) is 10.1. The zero-order valence-corrected chi connectivity index (χ0v) is 13.5. The number of benzene rings is 1. The van der Waals surface area contributed by atoms with E-state index in [1.807, 2.05) is 24.3 Å². The highest BCUT2D eigenvalue weighted by Crippen LogP contribution is 2.28. The summed E-state index contributed by atoms with van der Waals surface area (Å²) >= 11 is 6.16. The summed E-state index contributed by atoms with van der Waals surface area (Å²) in [6, 6.07) is 8.92. The van der Waals surface area contributed by atoms with Gasteiger partial charge in [-0.15, -0.1) is 0 Å². The quantitative estimate of drug-likeness (QED) is 0.926. The van der Waals surface area contributed by atoms with Gasteiger partial charge in [-0.2, -0.15) is 0 Å². The van der Waals surface area contributed by atoms with Gasteiger partial charge in [0.15, 0.2) is 0 Å². The van der Waals surface area contributed by atoms with Crippen molar-refractivity contribution in [2.24, 2.45) is 0 Å². The van der Waals surface area contributed by atoms with E-state index in [2.05, 4.69) is 16.7 Å². The molecule has 2 aliphatic rings. The number of nitrogens with zero attached hydrogens (tertiary/aromatic N) is 2. The van der Waals surface area contributed by atoms with Crippen LogP contribution < -0.4 is 0 Å². The van der Waals surface area contributed by atoms with Crippen molar-refractivity contribution in [3.63, 3.8) is 0 Å². The second kappa shape index (κ2) is 6.66. The van der Waals surface area contributed by atoms with Gasteiger partial charge in [0.05, 0.1) is 6.10 Å². The van der Waals surface area contributed by atoms with Crippen LogP contribution in [0.4, 0.5) is 0 Å². The SMILES string of the molecule is CC1CN2CCCC2CN1CCC(O)c1ccccc1Cl. The number of rotatable bonds is 4. The molecule has 0 saturated carbocycles. The third-order valence-corrected chi connectivity index (χ3v) is 5.36. The molecule has 2 aliphatic heterocycles. The molecular formula is C17H25ClN2O. The van der Waals surface area contributed by atoms with E-state index in [1.165, 1.54) is 25.9 Å². The monoisotopic (exact) mass is 308 g/mol. The van der Waals surface area contributed by atoms with E-state index in [0.717, 1.165) is 31.1 Å². The summed E-state index contributed by atoms with van der Waals surface area (Å²) in [6.45, 7) is 6.84. The fourth-order valence-corrected chi connectivity index (χ4v) is 4.01. The number of fused-ring (bicyclic) bond motifs is 1. The highest BCUT2D eigenvalue weighted by Gasteiger charge is 2.34. The topological polar surface area (TPSA) is 26.7 Å². The molecule has 0 aromatic heterocycles. The largest absolute Gasteiger partial charge is 0.388 e. The number of piperazine rings is 1. The van der Waals surface area contributed by atoms with Crippen LogP contribution in [0.5, 0.6) is 0 Å². The van der Waals surface area contributed by atoms with Crippen LogP contribution >= 0.6 is 11.6 Å². The fraction of sp³-hybridized carbons (Fsp3) is 0.647. The average Bonchev–Trinajstić information content (AvgIpc) is 2.92. The van der Waals surface area contributed by atoms with Crippen molar-refractivity contribution in [1.82, 2.24) is 9.80 Å². The van der Waals surface area contributed by atoms with Crippen molar-refractivity contribution in [3.8, 4) is 0 Å². The highest BCUT2D eigenvalue weighted by molar-refractivity contribution is 6.31. The fourth-order valence-electron chi connectivity index (χ4n) is 3.75. The van der Waals surface area contributed by atoms with Crippen molar-refractivity contribution < 1.29 is 5.11 Å². The molecule has 2 saturated heterocycles. The highest BCUT2D eigenvalue weighted by atomic mass is 35.5. The lowest BCUT2D eigenvalue weighted by molar-refractivity contribution is 0.0459. The van der Waals surface area contributed by atoms with Crippen LogP contribution in [0.15, 0.2) is 24.3 Å². The van der Waals surface area contributed by atoms with E-state index in [9.17, 15) is 5.11 Å². The molecular weight excluding hydrogens is 284 g/mol. The standard InChI is InChI=1S/C17H25ClN2O/c1-13-11-20-9-4-5-14(20)12-19(13)10-8-17(21)15-6-2-3-7-16(15)18/h2-3,6-7,13-14,17,21H,4-5,8-12H2,1H3. The minimum atomic E-state index is -0.465. The Morgan fingerprint density at radius 2 is 2.14 bits per heavy atom. The van der Waals surface area contributed by atoms with E-state index in [4.69, 9.17) is 11.6 Å². The van der Waals surface area contributed by atoms with Crippen LogP contribution in [0, 0.1) is 0 Å². The van der Waals surface area contributed by atoms with E-state index in [0.29, 0.717) is 11.1 Å². The molecule has 3 rings (SSSR count). The Labute approximate surface area is 132 Å². The molecule has 4 heteroatoms. The summed E-state index contributed by atoms with van der Waals surface area (Å²) in [5, 5.41) is 11.0. The van der Waals surface area contributed by atoms with Crippen LogP contribution in [0.3, 0.4) is 0 Å². The zero-order chi connectivity index (χ0) is 14.8. The number of hydrogen-bond acceptors (Lipinski definition) is 3. The van der Waals surface area contributed by atoms with Gasteiger partial charge in [0.1, 0.15) is 0 Å². The van der Waals surface area contributed by atoms with Crippen molar-refractivity contribution in [3.05, 3.63) is 34.9 Å². The summed E-state index contributed by atoms with van der Waals surface area (Å²) in [7, 11) is 0. The Morgan fingerprint density at radius 1 is 1.33 bits per heavy atom. The van der Waals surface area contributed by atoms with Crippen molar-refractivity contribution in [1.29, 1.82) is 0 Å². The normalized spacial score (nSPS) is 28.5. The van der Waals surface area contributed by atoms with Crippen LogP contribution in [0.1, 0.15) is 37.9 Å². The average molecular weight is 309 g/mol. The van der Waals surface area contributed by atoms with Crippen LogP contribution in [0.2, 0.25) is 5.02 Å². The van der Waals surface area contributed by atoms with Gasteiger partial charge in [-0.05, 0) is 44.4 Å². The number of halogens is 1. The molecule has 3 unspecified atom stereocenters. The summed E-state index contributed by atoms with van der Waals surface area (Å²) in [5.74, 6) is 0. The van der Waals surface area contributed by atoms with Gasteiger partial charge in [-0.3, -0.25) is 9.80 Å². The summed E-state index contributed by atoms with van der Waals surface area (Å²) in [5.41, 5.74) is 0.853. The third-order valence-electron chi connectivity index (χ3n) is 5.02. The van der Waals surface area contributed by atoms with E-state index < -0.39 is 6.10 Å². The van der Waals surface area contributed by atoms with Crippen molar-refractivity contribution in [2.75, 3.05) is 26.2 Å². The molecule has 0 spiro atoms. The molecule has 2 fully saturated rings. The predicted molar refractivity (Wildman–Crippen MR) is 86.7 cm³/mol. The molecule has 0 amide bonds. The van der Waals surface area contributed by atoms with E-state index in [1.54, 1.807) is 0 Å². The lowest BCUT2D eigenvalue weighted by Crippen LogP contribution is -2.55. The Morgan fingerprint density at radius 3 is 2.95 bits per heavy atom. The third kappa shape index (κ3) is 3.42. The molecule has 21 heavy (non-hydrogen) atoms. The summed E-state index contributed by atoms with van der Waals surface area (Å²) in [4.78, 5) is 5.16. The Kier molecular flexibility index (Phi) is 4.85. The van der Waals surface area contributed by atoms with Crippen molar-refractivity contribution in [2.45, 2.75) is 44.4 Å². The Balaban J connectivity index is 1.56. The molecule has 1 aromatic rings. The predicted octanol–water partition coefficient (Wildman–Crippen LogP) is 2.93. The van der Waals surface area contributed by atoms with Crippen LogP contribution in [-0.4, -0.2) is 53.2 Å². The van der Waals surface area contributed by atoms with Gasteiger partial charge < -0.3 is 5.11 Å². The molecule has 2 heterocycles. The first kappa shape index (κ1) is 15.3. The molecule has 1 aromatic carbocycles. The van der Waals surface area contributed by atoms with Crippen LogP contribution in [0.25, 0.3) is 0 Å². The van der Waals surface area contributed by atoms with Gasteiger partial charge in [-0.25, -0.2) is 0 Å². The number of hydrogen-bond donors (Lipinski definition) is 1. The molecule has 3 nitrogen and oxygen atoms in total. The minimum absolute atomic E-state index is 0.465. The first-order valence-electron chi connectivity index (χ1n) is 8.05. The molecule has 0 bridgehead atoms. The Bertz CT molecular complexity index is 482. The maximum Gasteiger partial charge on any atom is 0.0816 e.